The van der Waals surface area contributed by atoms with Crippen molar-refractivity contribution in [1.29, 1.82) is 0 Å². The van der Waals surface area contributed by atoms with E-state index < -0.39 is 0 Å². The molecule has 1 aliphatic carbocycles. The summed E-state index contributed by atoms with van der Waals surface area (Å²) in [6.07, 6.45) is 9.65. The fourth-order valence-electron chi connectivity index (χ4n) is 1.41. The minimum atomic E-state index is 0. The van der Waals surface area contributed by atoms with Gasteiger partial charge in [-0.25, -0.2) is 23.3 Å². The van der Waals surface area contributed by atoms with Crippen molar-refractivity contribution in [1.82, 2.24) is 0 Å². The molecule has 1 heteroatoms. The van der Waals surface area contributed by atoms with Crippen LogP contribution in [0.3, 0.4) is 0 Å². The summed E-state index contributed by atoms with van der Waals surface area (Å²) in [5.41, 5.74) is 4.08. The van der Waals surface area contributed by atoms with Gasteiger partial charge in [0.2, 0.25) is 0 Å². The molecular formula is C14H18Ru. The number of rotatable bonds is 1. The monoisotopic (exact) mass is 288 g/mol. The van der Waals surface area contributed by atoms with E-state index in [-0.39, 0.29) is 19.5 Å². The molecule has 0 nitrogen and oxygen atoms in total. The van der Waals surface area contributed by atoms with E-state index in [2.05, 4.69) is 57.2 Å². The largest absolute Gasteiger partial charge is 2.00 e. The van der Waals surface area contributed by atoms with Crippen molar-refractivity contribution in [3.63, 3.8) is 0 Å². The smallest absolute Gasteiger partial charge is 0.270 e. The maximum absolute atomic E-state index is 3.21. The predicted molar refractivity (Wildman–Crippen MR) is 62.3 cm³/mol. The zero-order valence-electron chi connectivity index (χ0n) is 9.65. The third-order valence-electron chi connectivity index (χ3n) is 2.21. The molecule has 15 heavy (non-hydrogen) atoms. The Labute approximate surface area is 106 Å². The summed E-state index contributed by atoms with van der Waals surface area (Å²) in [6.45, 7) is 6.36. The molecular weight excluding hydrogens is 269 g/mol. The van der Waals surface area contributed by atoms with Crippen molar-refractivity contribution in [2.24, 2.45) is 0 Å². The second-order valence-corrected chi connectivity index (χ2v) is 3.63. The van der Waals surface area contributed by atoms with Crippen LogP contribution in [0.5, 0.6) is 0 Å². The van der Waals surface area contributed by atoms with Gasteiger partial charge in [0.25, 0.3) is 0 Å². The van der Waals surface area contributed by atoms with E-state index in [1.54, 1.807) is 0 Å². The van der Waals surface area contributed by atoms with Gasteiger partial charge in [-0.15, -0.1) is 6.42 Å². The Balaban J connectivity index is 0.000000245. The molecule has 0 spiro atoms. The Morgan fingerprint density at radius 3 is 2.40 bits per heavy atom. The van der Waals surface area contributed by atoms with Crippen LogP contribution >= 0.6 is 0 Å². The van der Waals surface area contributed by atoms with E-state index in [1.165, 1.54) is 16.7 Å². The number of aryl methyl sites for hydroxylation is 2. The summed E-state index contributed by atoms with van der Waals surface area (Å²) in [6, 6.07) is 6.41. The Morgan fingerprint density at radius 1 is 1.47 bits per heavy atom. The summed E-state index contributed by atoms with van der Waals surface area (Å²) in [5.74, 6) is 0. The molecule has 1 aromatic carbocycles. The van der Waals surface area contributed by atoms with Gasteiger partial charge in [-0.1, -0.05) is 27.2 Å². The second-order valence-electron chi connectivity index (χ2n) is 3.63. The Hall–Kier alpha value is -0.547. The topological polar surface area (TPSA) is 0 Å². The average Bonchev–Trinajstić information content (AvgIpc) is 2.78. The first kappa shape index (κ1) is 14.5. The molecule has 0 bridgehead atoms. The molecule has 0 aromatic heterocycles. The molecule has 0 saturated carbocycles. The second kappa shape index (κ2) is 7.71. The van der Waals surface area contributed by atoms with E-state index in [1.807, 2.05) is 0 Å². The van der Waals surface area contributed by atoms with Gasteiger partial charge in [-0.05, 0) is 0 Å². The SMILES string of the molecule is CCC1=[C-]CC=C1.Cc1cc[c-](C)c1.[Ru+2]. The van der Waals surface area contributed by atoms with Crippen molar-refractivity contribution >= 4 is 0 Å². The minimum absolute atomic E-state index is 0. The van der Waals surface area contributed by atoms with E-state index in [9.17, 15) is 0 Å². The zero-order valence-corrected chi connectivity index (χ0v) is 11.4. The van der Waals surface area contributed by atoms with Gasteiger partial charge < -0.3 is 0 Å². The van der Waals surface area contributed by atoms with Gasteiger partial charge in [0, 0.05) is 0 Å². The quantitative estimate of drug-likeness (QED) is 0.539. The summed E-state index contributed by atoms with van der Waals surface area (Å²) in [4.78, 5) is 0. The van der Waals surface area contributed by atoms with Crippen molar-refractivity contribution in [3.05, 3.63) is 53.1 Å². The number of hydrogen-bond acceptors (Lipinski definition) is 0. The van der Waals surface area contributed by atoms with E-state index in [4.69, 9.17) is 0 Å². The van der Waals surface area contributed by atoms with Crippen LogP contribution in [0, 0.1) is 19.9 Å². The van der Waals surface area contributed by atoms with Crippen LogP contribution in [0.25, 0.3) is 0 Å². The summed E-state index contributed by atoms with van der Waals surface area (Å²) in [5, 5.41) is 0. The maximum Gasteiger partial charge on any atom is 2.00 e. The molecule has 1 aromatic rings. The normalized spacial score (nSPS) is 12.6. The summed E-state index contributed by atoms with van der Waals surface area (Å²) < 4.78 is 0. The Bertz CT molecular complexity index is 312. The fraction of sp³-hybridized carbons (Fsp3) is 0.357. The van der Waals surface area contributed by atoms with E-state index >= 15 is 0 Å². The molecule has 0 N–H and O–H groups in total. The molecule has 0 radical (unpaired) electrons. The van der Waals surface area contributed by atoms with E-state index in [0.717, 1.165) is 12.8 Å². The molecule has 0 saturated heterocycles. The first-order chi connectivity index (χ1) is 6.72. The maximum atomic E-state index is 3.21. The molecule has 0 heterocycles. The molecule has 82 valence electrons. The first-order valence-electron chi connectivity index (χ1n) is 5.18. The molecule has 0 atom stereocenters. The number of hydrogen-bond donors (Lipinski definition) is 0. The molecule has 1 aliphatic rings. The standard InChI is InChI=1S/2C7H9.Ru/c1-6-3-4-7(2)5-6;1-2-7-5-3-4-6-7;/h3-5H,1-2H3;3,5H,2,4H2,1H3;/q2*-1;+2. The minimum Gasteiger partial charge on any atom is -0.270 e. The Morgan fingerprint density at radius 2 is 2.20 bits per heavy atom. The van der Waals surface area contributed by atoms with Crippen molar-refractivity contribution < 1.29 is 19.5 Å². The van der Waals surface area contributed by atoms with Crippen molar-refractivity contribution in [2.75, 3.05) is 0 Å². The average molecular weight is 287 g/mol. The van der Waals surface area contributed by atoms with Crippen molar-refractivity contribution in [2.45, 2.75) is 33.6 Å². The molecule has 0 unspecified atom stereocenters. The molecule has 0 fully saturated rings. The first-order valence-corrected chi connectivity index (χ1v) is 5.18. The number of allylic oxidation sites excluding steroid dienone is 4. The fourth-order valence-corrected chi connectivity index (χ4v) is 1.41. The van der Waals surface area contributed by atoms with Crippen LogP contribution in [-0.2, 0) is 19.5 Å². The zero-order chi connectivity index (χ0) is 10.4. The third kappa shape index (κ3) is 5.79. The van der Waals surface area contributed by atoms with Crippen LogP contribution in [0.15, 0.2) is 35.9 Å². The van der Waals surface area contributed by atoms with Crippen molar-refractivity contribution in [3.8, 4) is 0 Å². The van der Waals surface area contributed by atoms with Gasteiger partial charge in [0.05, 0.1) is 0 Å². The molecule has 0 aliphatic heterocycles. The van der Waals surface area contributed by atoms with Gasteiger partial charge in [-0.3, -0.25) is 6.08 Å². The van der Waals surface area contributed by atoms with Crippen LogP contribution in [0.2, 0.25) is 0 Å². The summed E-state index contributed by atoms with van der Waals surface area (Å²) >= 11 is 0. The van der Waals surface area contributed by atoms with Gasteiger partial charge >= 0.3 is 19.5 Å². The van der Waals surface area contributed by atoms with Gasteiger partial charge in [0.15, 0.2) is 0 Å². The van der Waals surface area contributed by atoms with E-state index in [0.29, 0.717) is 0 Å². The van der Waals surface area contributed by atoms with Crippen LogP contribution in [-0.4, -0.2) is 0 Å². The summed E-state index contributed by atoms with van der Waals surface area (Å²) in [7, 11) is 0. The third-order valence-corrected chi connectivity index (χ3v) is 2.21. The van der Waals surface area contributed by atoms with Crippen LogP contribution < -0.4 is 0 Å². The van der Waals surface area contributed by atoms with Gasteiger partial charge in [0.1, 0.15) is 0 Å². The predicted octanol–water partition coefficient (Wildman–Crippen LogP) is 4.11. The molecule has 0 amide bonds. The van der Waals surface area contributed by atoms with Crippen LogP contribution in [0.1, 0.15) is 30.9 Å². The molecule has 2 rings (SSSR count). The van der Waals surface area contributed by atoms with Crippen LogP contribution in [0.4, 0.5) is 0 Å². The Kier molecular flexibility index (Phi) is 7.43. The van der Waals surface area contributed by atoms with Gasteiger partial charge in [-0.2, -0.15) is 23.8 Å².